The number of carbonyl (C=O) groups excluding carboxylic acids is 1. The van der Waals surface area contributed by atoms with Crippen molar-refractivity contribution < 1.29 is 14.7 Å². The van der Waals surface area contributed by atoms with Gasteiger partial charge >= 0.3 is 5.97 Å². The maximum atomic E-state index is 11.0. The van der Waals surface area contributed by atoms with Gasteiger partial charge in [0.1, 0.15) is 5.82 Å². The van der Waals surface area contributed by atoms with Crippen LogP contribution in [0.15, 0.2) is 12.3 Å². The molecule has 0 bridgehead atoms. The largest absolute Gasteiger partial charge is 0.478 e. The van der Waals surface area contributed by atoms with Crippen molar-refractivity contribution in [3.8, 4) is 0 Å². The summed E-state index contributed by atoms with van der Waals surface area (Å²) in [5.41, 5.74) is 10.7. The minimum Gasteiger partial charge on any atom is -0.478 e. The molecule has 0 atom stereocenters. The Morgan fingerprint density at radius 3 is 2.56 bits per heavy atom. The van der Waals surface area contributed by atoms with Gasteiger partial charge in [0.25, 0.3) is 0 Å². The van der Waals surface area contributed by atoms with Crippen molar-refractivity contribution in [2.24, 2.45) is 5.73 Å². The predicted octanol–water partition coefficient (Wildman–Crippen LogP) is 0.0621. The van der Waals surface area contributed by atoms with Crippen molar-refractivity contribution in [2.75, 3.05) is 17.2 Å². The number of nitrogens with zero attached hydrogens (tertiary/aromatic N) is 2. The van der Waals surface area contributed by atoms with E-state index >= 15 is 0 Å². The summed E-state index contributed by atoms with van der Waals surface area (Å²) in [6.45, 7) is 3.66. The summed E-state index contributed by atoms with van der Waals surface area (Å²) in [5.74, 6) is -1.30. The monoisotopic (exact) mass is 252 g/mol. The van der Waals surface area contributed by atoms with Crippen LogP contribution in [-0.4, -0.2) is 34.6 Å². The van der Waals surface area contributed by atoms with E-state index in [1.54, 1.807) is 4.90 Å². The quantitative estimate of drug-likeness (QED) is 0.681. The van der Waals surface area contributed by atoms with Gasteiger partial charge in [-0.1, -0.05) is 0 Å². The molecule has 1 heterocycles. The van der Waals surface area contributed by atoms with Crippen LogP contribution in [0.4, 0.5) is 11.5 Å². The van der Waals surface area contributed by atoms with E-state index in [0.717, 1.165) is 0 Å². The first-order chi connectivity index (χ1) is 8.32. The number of pyridine rings is 1. The van der Waals surface area contributed by atoms with Crippen LogP contribution in [0, 0.1) is 0 Å². The number of carboxylic acids is 1. The first-order valence-electron chi connectivity index (χ1n) is 5.36. The third-order valence-electron chi connectivity index (χ3n) is 2.39. The van der Waals surface area contributed by atoms with E-state index in [1.807, 2.05) is 13.8 Å². The fourth-order valence-corrected chi connectivity index (χ4v) is 1.49. The van der Waals surface area contributed by atoms with Crippen molar-refractivity contribution in [3.63, 3.8) is 0 Å². The molecule has 0 aliphatic heterocycles. The minimum atomic E-state index is -1.14. The van der Waals surface area contributed by atoms with Gasteiger partial charge in [-0.2, -0.15) is 0 Å². The van der Waals surface area contributed by atoms with Crippen LogP contribution in [0.5, 0.6) is 0 Å². The van der Waals surface area contributed by atoms with Crippen LogP contribution < -0.4 is 16.4 Å². The summed E-state index contributed by atoms with van der Waals surface area (Å²) >= 11 is 0. The molecule has 1 aromatic heterocycles. The number of aromatic carboxylic acids is 1. The Balaban J connectivity index is 3.17. The first kappa shape index (κ1) is 13.8. The molecule has 0 radical (unpaired) electrons. The van der Waals surface area contributed by atoms with Crippen LogP contribution in [-0.2, 0) is 4.79 Å². The van der Waals surface area contributed by atoms with E-state index in [0.29, 0.717) is 5.82 Å². The zero-order valence-corrected chi connectivity index (χ0v) is 10.3. The lowest BCUT2D eigenvalue weighted by Crippen LogP contribution is -2.39. The molecule has 0 fully saturated rings. The average molecular weight is 252 g/mol. The van der Waals surface area contributed by atoms with Crippen molar-refractivity contribution in [1.29, 1.82) is 0 Å². The third kappa shape index (κ3) is 3.09. The summed E-state index contributed by atoms with van der Waals surface area (Å²) < 4.78 is 0. The fraction of sp³-hybridized carbons (Fsp3) is 0.364. The third-order valence-corrected chi connectivity index (χ3v) is 2.39. The molecule has 7 nitrogen and oxygen atoms in total. The highest BCUT2D eigenvalue weighted by molar-refractivity contribution is 5.94. The van der Waals surface area contributed by atoms with Gasteiger partial charge in [0.05, 0.1) is 24.0 Å². The summed E-state index contributed by atoms with van der Waals surface area (Å²) in [6.07, 6.45) is 1.26. The highest BCUT2D eigenvalue weighted by Gasteiger charge is 2.17. The number of primary amides is 1. The second-order valence-electron chi connectivity index (χ2n) is 4.12. The van der Waals surface area contributed by atoms with E-state index in [-0.39, 0.29) is 23.8 Å². The average Bonchev–Trinajstić information content (AvgIpc) is 2.26. The van der Waals surface area contributed by atoms with E-state index in [4.69, 9.17) is 16.6 Å². The van der Waals surface area contributed by atoms with E-state index in [1.165, 1.54) is 12.3 Å². The van der Waals surface area contributed by atoms with Crippen molar-refractivity contribution in [1.82, 2.24) is 4.98 Å². The molecule has 0 unspecified atom stereocenters. The Labute approximate surface area is 104 Å². The molecule has 0 spiro atoms. The number of nitrogen functional groups attached to an aromatic ring is 1. The molecule has 1 amide bonds. The van der Waals surface area contributed by atoms with Gasteiger partial charge in [0.2, 0.25) is 5.91 Å². The molecule has 7 heteroatoms. The smallest absolute Gasteiger partial charge is 0.337 e. The second-order valence-corrected chi connectivity index (χ2v) is 4.12. The van der Waals surface area contributed by atoms with E-state index < -0.39 is 11.9 Å². The number of aromatic nitrogens is 1. The zero-order chi connectivity index (χ0) is 13.9. The summed E-state index contributed by atoms with van der Waals surface area (Å²) in [7, 11) is 0. The fourth-order valence-electron chi connectivity index (χ4n) is 1.49. The number of amides is 1. The lowest BCUT2D eigenvalue weighted by Gasteiger charge is -2.26. The van der Waals surface area contributed by atoms with Gasteiger partial charge in [-0.15, -0.1) is 0 Å². The summed E-state index contributed by atoms with van der Waals surface area (Å²) in [6, 6.07) is 1.29. The Hall–Kier alpha value is -2.31. The number of nitrogens with two attached hydrogens (primary N) is 2. The SMILES string of the molecule is CC(C)N(CC(N)=O)c1cc(C(=O)O)c(N)cn1. The highest BCUT2D eigenvalue weighted by Crippen LogP contribution is 2.19. The number of rotatable bonds is 5. The molecular formula is C11H16N4O3. The van der Waals surface area contributed by atoms with Crippen molar-refractivity contribution >= 4 is 23.4 Å². The Morgan fingerprint density at radius 2 is 2.11 bits per heavy atom. The second kappa shape index (κ2) is 5.35. The van der Waals surface area contributed by atoms with Crippen LogP contribution in [0.2, 0.25) is 0 Å². The standard InChI is InChI=1S/C11H16N4O3/c1-6(2)15(5-9(13)16)10-3-7(11(17)18)8(12)4-14-10/h3-4,6H,5,12H2,1-2H3,(H2,13,16)(H,17,18). The Morgan fingerprint density at radius 1 is 1.50 bits per heavy atom. The molecule has 1 aromatic rings. The maximum absolute atomic E-state index is 11.0. The molecule has 0 aliphatic rings. The molecule has 0 saturated carbocycles. The highest BCUT2D eigenvalue weighted by atomic mass is 16.4. The summed E-state index contributed by atoms with van der Waals surface area (Å²) in [5, 5.41) is 8.97. The van der Waals surface area contributed by atoms with E-state index in [2.05, 4.69) is 4.98 Å². The lowest BCUT2D eigenvalue weighted by atomic mass is 10.2. The molecule has 0 aliphatic carbocycles. The van der Waals surface area contributed by atoms with Crippen LogP contribution in [0.1, 0.15) is 24.2 Å². The van der Waals surface area contributed by atoms with Gasteiger partial charge in [-0.25, -0.2) is 9.78 Å². The van der Waals surface area contributed by atoms with Crippen LogP contribution in [0.25, 0.3) is 0 Å². The molecule has 98 valence electrons. The Bertz CT molecular complexity index is 473. The van der Waals surface area contributed by atoms with Gasteiger partial charge in [0.15, 0.2) is 0 Å². The van der Waals surface area contributed by atoms with Gasteiger partial charge in [-0.05, 0) is 19.9 Å². The molecular weight excluding hydrogens is 236 g/mol. The molecule has 1 rings (SSSR count). The number of carboxylic acid groups (broad SMARTS) is 1. The number of hydrogen-bond donors (Lipinski definition) is 3. The normalized spacial score (nSPS) is 10.4. The molecule has 5 N–H and O–H groups in total. The number of anilines is 2. The minimum absolute atomic E-state index is 0.0341. The number of carbonyl (C=O) groups is 2. The molecule has 18 heavy (non-hydrogen) atoms. The molecule has 0 aromatic carbocycles. The Kier molecular flexibility index (Phi) is 4.09. The maximum Gasteiger partial charge on any atom is 0.337 e. The van der Waals surface area contributed by atoms with Gasteiger partial charge in [0, 0.05) is 6.04 Å². The van der Waals surface area contributed by atoms with Gasteiger partial charge in [-0.3, -0.25) is 4.79 Å². The van der Waals surface area contributed by atoms with Crippen LogP contribution in [0.3, 0.4) is 0 Å². The summed E-state index contributed by atoms with van der Waals surface area (Å²) in [4.78, 5) is 27.6. The van der Waals surface area contributed by atoms with Gasteiger partial charge < -0.3 is 21.5 Å². The van der Waals surface area contributed by atoms with Crippen LogP contribution >= 0.6 is 0 Å². The van der Waals surface area contributed by atoms with Crippen molar-refractivity contribution in [2.45, 2.75) is 19.9 Å². The lowest BCUT2D eigenvalue weighted by molar-refractivity contribution is -0.116. The molecule has 0 saturated heterocycles. The topological polar surface area (TPSA) is 123 Å². The number of hydrogen-bond acceptors (Lipinski definition) is 5. The van der Waals surface area contributed by atoms with E-state index in [9.17, 15) is 9.59 Å². The van der Waals surface area contributed by atoms with Crippen molar-refractivity contribution in [3.05, 3.63) is 17.8 Å². The predicted molar refractivity (Wildman–Crippen MR) is 67.3 cm³/mol. The first-order valence-corrected chi connectivity index (χ1v) is 5.36. The zero-order valence-electron chi connectivity index (χ0n) is 10.3.